The molecule has 2 amide bonds. The quantitative estimate of drug-likeness (QED) is 0.589. The van der Waals surface area contributed by atoms with Crippen LogP contribution >= 0.6 is 0 Å². The monoisotopic (exact) mass is 370 g/mol. The molecule has 0 aliphatic rings. The van der Waals surface area contributed by atoms with Crippen molar-refractivity contribution in [2.24, 2.45) is 5.92 Å². The molecule has 0 saturated carbocycles. The lowest BCUT2D eigenvalue weighted by molar-refractivity contribution is -0.127. The number of amides is 2. The predicted molar refractivity (Wildman–Crippen MR) is 108 cm³/mol. The molecule has 1 aromatic heterocycles. The molecule has 0 spiro atoms. The molecule has 0 aliphatic carbocycles. The summed E-state index contributed by atoms with van der Waals surface area (Å²) >= 11 is 0. The summed E-state index contributed by atoms with van der Waals surface area (Å²) in [7, 11) is 0. The lowest BCUT2D eigenvalue weighted by atomic mass is 9.97. The Morgan fingerprint density at radius 2 is 1.89 bits per heavy atom. The van der Waals surface area contributed by atoms with Gasteiger partial charge in [0.15, 0.2) is 0 Å². The SMILES string of the molecule is CCCCCCC(CC)C(=O)NCC(=O)Nc1ccc(-n2cccn2)cc1. The fourth-order valence-electron chi connectivity index (χ4n) is 2.97. The molecule has 0 aliphatic heterocycles. The summed E-state index contributed by atoms with van der Waals surface area (Å²) in [5.41, 5.74) is 1.61. The zero-order valence-electron chi connectivity index (χ0n) is 16.3. The first-order valence-electron chi connectivity index (χ1n) is 9.81. The van der Waals surface area contributed by atoms with Gasteiger partial charge in [0.1, 0.15) is 0 Å². The molecule has 0 radical (unpaired) electrons. The van der Waals surface area contributed by atoms with Crippen LogP contribution in [0.5, 0.6) is 0 Å². The number of carbonyl (C=O) groups is 2. The third-order valence-corrected chi connectivity index (χ3v) is 4.61. The molecule has 0 saturated heterocycles. The van der Waals surface area contributed by atoms with Gasteiger partial charge in [0.2, 0.25) is 11.8 Å². The first-order chi connectivity index (χ1) is 13.1. The van der Waals surface area contributed by atoms with Crippen molar-refractivity contribution >= 4 is 17.5 Å². The molecule has 0 fully saturated rings. The van der Waals surface area contributed by atoms with Gasteiger partial charge in [0, 0.05) is 24.0 Å². The molecule has 1 atom stereocenters. The van der Waals surface area contributed by atoms with Gasteiger partial charge in [-0.3, -0.25) is 9.59 Å². The molecular formula is C21H30N4O2. The smallest absolute Gasteiger partial charge is 0.243 e. The molecule has 1 heterocycles. The van der Waals surface area contributed by atoms with Crippen molar-refractivity contribution in [3.8, 4) is 5.69 Å². The number of benzene rings is 1. The van der Waals surface area contributed by atoms with Crippen LogP contribution in [0.2, 0.25) is 0 Å². The summed E-state index contributed by atoms with van der Waals surface area (Å²) in [5.74, 6) is -0.266. The van der Waals surface area contributed by atoms with Crippen molar-refractivity contribution in [3.05, 3.63) is 42.7 Å². The third kappa shape index (κ3) is 6.89. The largest absolute Gasteiger partial charge is 0.347 e. The van der Waals surface area contributed by atoms with Crippen LogP contribution in [0.3, 0.4) is 0 Å². The van der Waals surface area contributed by atoms with Gasteiger partial charge in [0.05, 0.1) is 12.2 Å². The number of carbonyl (C=O) groups excluding carboxylic acids is 2. The summed E-state index contributed by atoms with van der Waals surface area (Å²) in [6.07, 6.45) is 9.88. The molecule has 0 bridgehead atoms. The van der Waals surface area contributed by atoms with Crippen molar-refractivity contribution < 1.29 is 9.59 Å². The van der Waals surface area contributed by atoms with E-state index in [4.69, 9.17) is 0 Å². The third-order valence-electron chi connectivity index (χ3n) is 4.61. The van der Waals surface area contributed by atoms with Crippen LogP contribution in [0.25, 0.3) is 5.69 Å². The molecule has 27 heavy (non-hydrogen) atoms. The van der Waals surface area contributed by atoms with E-state index in [1.54, 1.807) is 10.9 Å². The highest BCUT2D eigenvalue weighted by Gasteiger charge is 2.16. The first kappa shape index (κ1) is 20.7. The van der Waals surface area contributed by atoms with Gasteiger partial charge in [-0.15, -0.1) is 0 Å². The standard InChI is InChI=1S/C21H30N4O2/c1-3-5-6-7-9-17(4-2)21(27)22-16-20(26)24-18-10-12-19(13-11-18)25-15-8-14-23-25/h8,10-15,17H,3-7,9,16H2,1-2H3,(H,22,27)(H,24,26). The van der Waals surface area contributed by atoms with Gasteiger partial charge in [0.25, 0.3) is 0 Å². The van der Waals surface area contributed by atoms with Crippen molar-refractivity contribution in [2.45, 2.75) is 52.4 Å². The van der Waals surface area contributed by atoms with E-state index in [0.717, 1.165) is 31.4 Å². The second kappa shape index (κ2) is 11.2. The van der Waals surface area contributed by atoms with E-state index in [0.29, 0.717) is 5.69 Å². The molecule has 6 heteroatoms. The number of hydrogen-bond donors (Lipinski definition) is 2. The second-order valence-electron chi connectivity index (χ2n) is 6.72. The number of hydrogen-bond acceptors (Lipinski definition) is 3. The van der Waals surface area contributed by atoms with Crippen molar-refractivity contribution in [1.82, 2.24) is 15.1 Å². The average molecular weight is 370 g/mol. The Balaban J connectivity index is 1.75. The summed E-state index contributed by atoms with van der Waals surface area (Å²) < 4.78 is 1.75. The summed E-state index contributed by atoms with van der Waals surface area (Å²) in [5, 5.41) is 9.73. The van der Waals surface area contributed by atoms with E-state index in [9.17, 15) is 9.59 Å². The number of anilines is 1. The van der Waals surface area contributed by atoms with E-state index in [1.165, 1.54) is 12.8 Å². The van der Waals surface area contributed by atoms with Gasteiger partial charge >= 0.3 is 0 Å². The average Bonchev–Trinajstić information content (AvgIpc) is 3.21. The number of nitrogens with one attached hydrogen (secondary N) is 2. The minimum Gasteiger partial charge on any atom is -0.347 e. The van der Waals surface area contributed by atoms with Crippen LogP contribution in [0.1, 0.15) is 52.4 Å². The van der Waals surface area contributed by atoms with E-state index < -0.39 is 0 Å². The van der Waals surface area contributed by atoms with Gasteiger partial charge in [-0.25, -0.2) is 4.68 Å². The Morgan fingerprint density at radius 1 is 1.11 bits per heavy atom. The molecule has 146 valence electrons. The van der Waals surface area contributed by atoms with E-state index in [1.807, 2.05) is 43.5 Å². The lowest BCUT2D eigenvalue weighted by Gasteiger charge is -2.15. The maximum atomic E-state index is 12.3. The minimum atomic E-state index is -0.226. The maximum Gasteiger partial charge on any atom is 0.243 e. The highest BCUT2D eigenvalue weighted by Crippen LogP contribution is 2.15. The van der Waals surface area contributed by atoms with Crippen LogP contribution in [0.4, 0.5) is 5.69 Å². The number of nitrogens with zero attached hydrogens (tertiary/aromatic N) is 2. The Morgan fingerprint density at radius 3 is 2.52 bits per heavy atom. The van der Waals surface area contributed by atoms with Gasteiger partial charge < -0.3 is 10.6 Å². The first-order valence-corrected chi connectivity index (χ1v) is 9.81. The number of rotatable bonds is 11. The van der Waals surface area contributed by atoms with Gasteiger partial charge in [-0.1, -0.05) is 39.5 Å². The lowest BCUT2D eigenvalue weighted by Crippen LogP contribution is -2.36. The van der Waals surface area contributed by atoms with Crippen LogP contribution < -0.4 is 10.6 Å². The van der Waals surface area contributed by atoms with Gasteiger partial charge in [-0.2, -0.15) is 5.10 Å². The van der Waals surface area contributed by atoms with E-state index >= 15 is 0 Å². The normalized spacial score (nSPS) is 11.8. The Hall–Kier alpha value is -2.63. The number of unbranched alkanes of at least 4 members (excludes halogenated alkanes) is 3. The van der Waals surface area contributed by atoms with E-state index in [-0.39, 0.29) is 24.3 Å². The zero-order chi connectivity index (χ0) is 19.5. The highest BCUT2D eigenvalue weighted by molar-refractivity contribution is 5.94. The van der Waals surface area contributed by atoms with Crippen LogP contribution in [-0.2, 0) is 9.59 Å². The summed E-state index contributed by atoms with van der Waals surface area (Å²) in [4.78, 5) is 24.4. The second-order valence-corrected chi connectivity index (χ2v) is 6.72. The maximum absolute atomic E-state index is 12.3. The van der Waals surface area contributed by atoms with Crippen molar-refractivity contribution in [1.29, 1.82) is 0 Å². The molecule has 2 aromatic rings. The predicted octanol–water partition coefficient (Wildman–Crippen LogP) is 3.92. The van der Waals surface area contributed by atoms with Crippen molar-refractivity contribution in [2.75, 3.05) is 11.9 Å². The molecule has 2 N–H and O–H groups in total. The number of aromatic nitrogens is 2. The van der Waals surface area contributed by atoms with Crippen LogP contribution in [-0.4, -0.2) is 28.1 Å². The Labute approximate surface area is 161 Å². The highest BCUT2D eigenvalue weighted by atomic mass is 16.2. The topological polar surface area (TPSA) is 76.0 Å². The minimum absolute atomic E-state index is 0.00873. The molecular weight excluding hydrogens is 340 g/mol. The molecule has 1 unspecified atom stereocenters. The van der Waals surface area contributed by atoms with Crippen molar-refractivity contribution in [3.63, 3.8) is 0 Å². The zero-order valence-corrected chi connectivity index (χ0v) is 16.3. The van der Waals surface area contributed by atoms with Crippen LogP contribution in [0, 0.1) is 5.92 Å². The molecule has 6 nitrogen and oxygen atoms in total. The Kier molecular flexibility index (Phi) is 8.55. The van der Waals surface area contributed by atoms with E-state index in [2.05, 4.69) is 22.7 Å². The van der Waals surface area contributed by atoms with Crippen LogP contribution in [0.15, 0.2) is 42.7 Å². The Bertz CT molecular complexity index is 695. The fraction of sp³-hybridized carbons (Fsp3) is 0.476. The van der Waals surface area contributed by atoms with Gasteiger partial charge in [-0.05, 0) is 43.2 Å². The molecule has 2 rings (SSSR count). The fourth-order valence-corrected chi connectivity index (χ4v) is 2.97. The summed E-state index contributed by atoms with van der Waals surface area (Å²) in [6, 6.07) is 9.25. The molecule has 1 aromatic carbocycles. The summed E-state index contributed by atoms with van der Waals surface area (Å²) in [6.45, 7) is 4.18.